The number of rotatable bonds is 5. The first-order valence-electron chi connectivity index (χ1n) is 4.95. The fourth-order valence-electron chi connectivity index (χ4n) is 1.28. The summed E-state index contributed by atoms with van der Waals surface area (Å²) in [6.45, 7) is 1.42. The maximum absolute atomic E-state index is 11.0. The van der Waals surface area contributed by atoms with Gasteiger partial charge < -0.3 is 10.2 Å². The number of ketones is 1. The van der Waals surface area contributed by atoms with Crippen molar-refractivity contribution in [1.82, 2.24) is 4.98 Å². The minimum atomic E-state index is -1.02. The molecule has 0 fully saturated rings. The number of hydrogen-bond acceptors (Lipinski definition) is 4. The Kier molecular flexibility index (Phi) is 4.86. The number of aliphatic hydroxyl groups is 2. The van der Waals surface area contributed by atoms with Crippen molar-refractivity contribution in [1.29, 1.82) is 0 Å². The Hall–Kier alpha value is -0.970. The molecule has 88 valence electrons. The van der Waals surface area contributed by atoms with E-state index in [4.69, 9.17) is 11.6 Å². The molecular formula is C11H14ClNO3. The molecule has 16 heavy (non-hydrogen) atoms. The normalized spacial score (nSPS) is 14.5. The van der Waals surface area contributed by atoms with Crippen LogP contribution in [0.4, 0.5) is 0 Å². The Morgan fingerprint density at radius 3 is 2.62 bits per heavy atom. The Bertz CT molecular complexity index is 353. The van der Waals surface area contributed by atoms with Crippen LogP contribution < -0.4 is 0 Å². The number of pyridine rings is 1. The van der Waals surface area contributed by atoms with Crippen LogP contribution in [-0.4, -0.2) is 33.0 Å². The molecule has 0 saturated heterocycles. The molecule has 5 heteroatoms. The van der Waals surface area contributed by atoms with Gasteiger partial charge in [-0.1, -0.05) is 6.07 Å². The van der Waals surface area contributed by atoms with Gasteiger partial charge in [0.25, 0.3) is 0 Å². The molecular weight excluding hydrogens is 230 g/mol. The fraction of sp³-hybridized carbons (Fsp3) is 0.455. The van der Waals surface area contributed by atoms with Gasteiger partial charge in [0.15, 0.2) is 5.78 Å². The van der Waals surface area contributed by atoms with Crippen LogP contribution in [0, 0.1) is 0 Å². The average Bonchev–Trinajstić information content (AvgIpc) is 2.28. The predicted molar refractivity (Wildman–Crippen MR) is 60.5 cm³/mol. The molecule has 1 rings (SSSR count). The van der Waals surface area contributed by atoms with Crippen LogP contribution in [0.5, 0.6) is 0 Å². The zero-order valence-corrected chi connectivity index (χ0v) is 9.68. The molecule has 1 aromatic heterocycles. The van der Waals surface area contributed by atoms with E-state index < -0.39 is 12.2 Å². The van der Waals surface area contributed by atoms with Gasteiger partial charge in [0, 0.05) is 24.6 Å². The summed E-state index contributed by atoms with van der Waals surface area (Å²) in [5.41, 5.74) is 0.811. The average molecular weight is 244 g/mol. The summed E-state index contributed by atoms with van der Waals surface area (Å²) in [6, 6.07) is 3.10. The van der Waals surface area contributed by atoms with Crippen LogP contribution >= 0.6 is 11.6 Å². The molecule has 0 aliphatic carbocycles. The van der Waals surface area contributed by atoms with Crippen molar-refractivity contribution in [3.63, 3.8) is 0 Å². The lowest BCUT2D eigenvalue weighted by molar-refractivity contribution is 0.0168. The lowest BCUT2D eigenvalue weighted by Crippen LogP contribution is -2.19. The summed E-state index contributed by atoms with van der Waals surface area (Å²) >= 11 is 5.46. The standard InChI is InChI=1S/C11H14ClNO3/c1-7(14)9-3-2-8(6-13-9)11(16)10(15)4-5-12/h2-3,6,10-11,15-16H,4-5H2,1H3. The highest BCUT2D eigenvalue weighted by atomic mass is 35.5. The van der Waals surface area contributed by atoms with Crippen LogP contribution in [0.3, 0.4) is 0 Å². The SMILES string of the molecule is CC(=O)c1ccc(C(O)C(O)CCCl)cn1. The van der Waals surface area contributed by atoms with Crippen LogP contribution in [0.1, 0.15) is 35.5 Å². The highest BCUT2D eigenvalue weighted by Crippen LogP contribution is 2.18. The summed E-state index contributed by atoms with van der Waals surface area (Å²) in [5.74, 6) is 0.138. The van der Waals surface area contributed by atoms with E-state index in [9.17, 15) is 15.0 Å². The maximum atomic E-state index is 11.0. The maximum Gasteiger partial charge on any atom is 0.178 e. The van der Waals surface area contributed by atoms with Crippen molar-refractivity contribution in [2.45, 2.75) is 25.6 Å². The van der Waals surface area contributed by atoms with Crippen LogP contribution in [0.15, 0.2) is 18.3 Å². The smallest absolute Gasteiger partial charge is 0.178 e. The molecule has 4 nitrogen and oxygen atoms in total. The third kappa shape index (κ3) is 3.27. The minimum absolute atomic E-state index is 0.137. The topological polar surface area (TPSA) is 70.4 Å². The Labute approximate surface area is 98.9 Å². The number of aliphatic hydroxyl groups excluding tert-OH is 2. The second kappa shape index (κ2) is 5.94. The van der Waals surface area contributed by atoms with Gasteiger partial charge in [0.1, 0.15) is 11.8 Å². The molecule has 0 spiro atoms. The molecule has 2 unspecified atom stereocenters. The zero-order chi connectivity index (χ0) is 12.1. The van der Waals surface area contributed by atoms with Crippen molar-refractivity contribution in [3.8, 4) is 0 Å². The molecule has 0 saturated carbocycles. The number of aromatic nitrogens is 1. The van der Waals surface area contributed by atoms with Crippen molar-refractivity contribution in [3.05, 3.63) is 29.6 Å². The summed E-state index contributed by atoms with van der Waals surface area (Å²) in [5, 5.41) is 19.2. The van der Waals surface area contributed by atoms with Crippen LogP contribution in [-0.2, 0) is 0 Å². The van der Waals surface area contributed by atoms with Gasteiger partial charge in [-0.25, -0.2) is 0 Å². The van der Waals surface area contributed by atoms with Crippen molar-refractivity contribution in [2.75, 3.05) is 5.88 Å². The van der Waals surface area contributed by atoms with Crippen molar-refractivity contribution in [2.24, 2.45) is 0 Å². The Balaban J connectivity index is 2.77. The largest absolute Gasteiger partial charge is 0.390 e. The molecule has 0 aromatic carbocycles. The second-order valence-corrected chi connectivity index (χ2v) is 3.90. The third-order valence-corrected chi connectivity index (χ3v) is 2.48. The summed E-state index contributed by atoms with van der Waals surface area (Å²) in [7, 11) is 0. The van der Waals surface area contributed by atoms with Gasteiger partial charge in [-0.15, -0.1) is 11.6 Å². The van der Waals surface area contributed by atoms with E-state index in [0.717, 1.165) is 0 Å². The molecule has 0 aliphatic rings. The van der Waals surface area contributed by atoms with Gasteiger partial charge in [-0.05, 0) is 12.5 Å². The second-order valence-electron chi connectivity index (χ2n) is 3.52. The van der Waals surface area contributed by atoms with E-state index in [1.807, 2.05) is 0 Å². The van der Waals surface area contributed by atoms with E-state index in [1.54, 1.807) is 6.07 Å². The number of alkyl halides is 1. The lowest BCUT2D eigenvalue weighted by Gasteiger charge is -2.16. The number of carbonyl (C=O) groups excluding carboxylic acids is 1. The van der Waals surface area contributed by atoms with E-state index in [2.05, 4.69) is 4.98 Å². The van der Waals surface area contributed by atoms with Crippen LogP contribution in [0.25, 0.3) is 0 Å². The fourth-order valence-corrected chi connectivity index (χ4v) is 1.50. The highest BCUT2D eigenvalue weighted by molar-refractivity contribution is 6.17. The molecule has 0 amide bonds. The number of hydrogen-bond donors (Lipinski definition) is 2. The van der Waals surface area contributed by atoms with E-state index in [-0.39, 0.29) is 11.7 Å². The van der Waals surface area contributed by atoms with E-state index >= 15 is 0 Å². The van der Waals surface area contributed by atoms with E-state index in [0.29, 0.717) is 17.7 Å². The van der Waals surface area contributed by atoms with Gasteiger partial charge in [-0.3, -0.25) is 9.78 Å². The molecule has 0 aliphatic heterocycles. The van der Waals surface area contributed by atoms with E-state index in [1.165, 1.54) is 19.2 Å². The summed E-state index contributed by atoms with van der Waals surface area (Å²) < 4.78 is 0. The Morgan fingerprint density at radius 1 is 1.50 bits per heavy atom. The molecule has 1 aromatic rings. The van der Waals surface area contributed by atoms with Crippen molar-refractivity contribution < 1.29 is 15.0 Å². The molecule has 2 atom stereocenters. The minimum Gasteiger partial charge on any atom is -0.390 e. The van der Waals surface area contributed by atoms with Gasteiger partial charge in [0.05, 0.1) is 6.10 Å². The van der Waals surface area contributed by atoms with Crippen molar-refractivity contribution >= 4 is 17.4 Å². The Morgan fingerprint density at radius 2 is 2.19 bits per heavy atom. The summed E-state index contributed by atoms with van der Waals surface area (Å²) in [4.78, 5) is 14.9. The number of carbonyl (C=O) groups is 1. The molecule has 2 N–H and O–H groups in total. The molecule has 0 bridgehead atoms. The quantitative estimate of drug-likeness (QED) is 0.604. The molecule has 1 heterocycles. The monoisotopic (exact) mass is 243 g/mol. The molecule has 0 radical (unpaired) electrons. The van der Waals surface area contributed by atoms with Crippen LogP contribution in [0.2, 0.25) is 0 Å². The zero-order valence-electron chi connectivity index (χ0n) is 8.93. The lowest BCUT2D eigenvalue weighted by atomic mass is 10.0. The number of Topliss-reactive ketones (excluding diaryl/α,β-unsaturated/α-hetero) is 1. The third-order valence-electron chi connectivity index (χ3n) is 2.26. The predicted octanol–water partition coefficient (Wildman–Crippen LogP) is 1.31. The van der Waals surface area contributed by atoms with Gasteiger partial charge in [0.2, 0.25) is 0 Å². The van der Waals surface area contributed by atoms with Gasteiger partial charge >= 0.3 is 0 Å². The number of halogens is 1. The first-order chi connectivity index (χ1) is 7.56. The summed E-state index contributed by atoms with van der Waals surface area (Å²) in [6.07, 6.45) is -0.245. The highest BCUT2D eigenvalue weighted by Gasteiger charge is 2.18. The first kappa shape index (κ1) is 13.1. The van der Waals surface area contributed by atoms with Gasteiger partial charge in [-0.2, -0.15) is 0 Å². The number of nitrogens with zero attached hydrogens (tertiary/aromatic N) is 1. The first-order valence-corrected chi connectivity index (χ1v) is 5.48.